The molecule has 2 rings (SSSR count). The lowest BCUT2D eigenvalue weighted by atomic mass is 10.0. The molecule has 1 aliphatic rings. The van der Waals surface area contributed by atoms with Crippen molar-refractivity contribution in [2.24, 2.45) is 5.73 Å². The molecule has 0 amide bonds. The smallest absolute Gasteiger partial charge is 0.325 e. The third kappa shape index (κ3) is 2.09. The maximum atomic E-state index is 11.0. The lowest BCUT2D eigenvalue weighted by Gasteiger charge is -2.19. The minimum absolute atomic E-state index is 0.416. The van der Waals surface area contributed by atoms with Gasteiger partial charge in [-0.3, -0.25) is 9.69 Å². The van der Waals surface area contributed by atoms with Gasteiger partial charge in [0.1, 0.15) is 5.54 Å². The number of carbonyl (C=O) groups is 1. The number of nitrogens with two attached hydrogens (primary N) is 1. The van der Waals surface area contributed by atoms with Gasteiger partial charge in [-0.05, 0) is 13.3 Å². The van der Waals surface area contributed by atoms with E-state index >= 15 is 0 Å². The number of likely N-dealkylation sites (tertiary alicyclic amines) is 1. The molecule has 0 aromatic carbocycles. The molecule has 1 unspecified atom stereocenters. The maximum Gasteiger partial charge on any atom is 0.325 e. The van der Waals surface area contributed by atoms with Gasteiger partial charge in [-0.15, -0.1) is 11.3 Å². The highest BCUT2D eigenvalue weighted by Gasteiger charge is 2.41. The lowest BCUT2D eigenvalue weighted by Crippen LogP contribution is -2.50. The van der Waals surface area contributed by atoms with Crippen LogP contribution in [0.25, 0.3) is 0 Å². The first-order valence-corrected chi connectivity index (χ1v) is 6.03. The fraction of sp³-hybridized carbons (Fsp3) is 0.600. The van der Waals surface area contributed by atoms with Gasteiger partial charge >= 0.3 is 5.97 Å². The Morgan fingerprint density at radius 3 is 3.06 bits per heavy atom. The van der Waals surface area contributed by atoms with E-state index in [2.05, 4.69) is 9.88 Å². The van der Waals surface area contributed by atoms with Crippen LogP contribution < -0.4 is 5.73 Å². The molecule has 16 heavy (non-hydrogen) atoms. The summed E-state index contributed by atoms with van der Waals surface area (Å²) in [6.45, 7) is 3.87. The van der Waals surface area contributed by atoms with Gasteiger partial charge < -0.3 is 10.8 Å². The highest BCUT2D eigenvalue weighted by atomic mass is 32.1. The average molecular weight is 241 g/mol. The molecule has 3 N–H and O–H groups in total. The molecule has 6 heteroatoms. The molecular formula is C10H15N3O2S. The summed E-state index contributed by atoms with van der Waals surface area (Å²) in [5.41, 5.74) is 7.57. The molecule has 0 spiro atoms. The zero-order valence-electron chi connectivity index (χ0n) is 9.14. The highest BCUT2D eigenvalue weighted by molar-refractivity contribution is 7.09. The number of thiazole rings is 1. The molecule has 1 fully saturated rings. The summed E-state index contributed by atoms with van der Waals surface area (Å²) >= 11 is 1.60. The Balaban J connectivity index is 2.00. The van der Waals surface area contributed by atoms with E-state index < -0.39 is 11.5 Å². The number of nitrogens with zero attached hydrogens (tertiary/aromatic N) is 2. The quantitative estimate of drug-likeness (QED) is 0.802. The van der Waals surface area contributed by atoms with Gasteiger partial charge in [-0.1, -0.05) is 0 Å². The van der Waals surface area contributed by atoms with E-state index in [-0.39, 0.29) is 0 Å². The average Bonchev–Trinajstić information content (AvgIpc) is 2.77. The Bertz CT molecular complexity index is 407. The zero-order chi connectivity index (χ0) is 11.8. The first kappa shape index (κ1) is 11.5. The second kappa shape index (κ2) is 4.12. The third-order valence-electron chi connectivity index (χ3n) is 3.02. The van der Waals surface area contributed by atoms with E-state index in [1.807, 2.05) is 12.4 Å². The van der Waals surface area contributed by atoms with Crippen molar-refractivity contribution in [3.63, 3.8) is 0 Å². The predicted molar refractivity (Wildman–Crippen MR) is 61.3 cm³/mol. The van der Waals surface area contributed by atoms with E-state index in [1.54, 1.807) is 11.3 Å². The van der Waals surface area contributed by atoms with Crippen LogP contribution in [-0.2, 0) is 11.3 Å². The predicted octanol–water partition coefficient (Wildman–Crippen LogP) is 0.439. The first-order valence-electron chi connectivity index (χ1n) is 5.15. The number of carboxylic acid groups (broad SMARTS) is 1. The normalized spacial score (nSPS) is 26.1. The molecule has 0 radical (unpaired) electrons. The molecule has 0 saturated carbocycles. The van der Waals surface area contributed by atoms with Crippen LogP contribution in [0.1, 0.15) is 17.0 Å². The second-order valence-corrected chi connectivity index (χ2v) is 5.22. The molecule has 2 heterocycles. The van der Waals surface area contributed by atoms with Crippen LogP contribution in [0.2, 0.25) is 0 Å². The van der Waals surface area contributed by atoms with Gasteiger partial charge in [0.15, 0.2) is 0 Å². The first-order chi connectivity index (χ1) is 7.51. The van der Waals surface area contributed by atoms with Crippen LogP contribution in [0.3, 0.4) is 0 Å². The maximum absolute atomic E-state index is 11.0. The Morgan fingerprint density at radius 2 is 2.56 bits per heavy atom. The zero-order valence-corrected chi connectivity index (χ0v) is 9.96. The van der Waals surface area contributed by atoms with Crippen LogP contribution in [0.15, 0.2) is 5.51 Å². The summed E-state index contributed by atoms with van der Waals surface area (Å²) in [4.78, 5) is 18.4. The van der Waals surface area contributed by atoms with E-state index in [1.165, 1.54) is 4.88 Å². The molecule has 5 nitrogen and oxygen atoms in total. The van der Waals surface area contributed by atoms with Crippen LogP contribution in [0.4, 0.5) is 0 Å². The molecule has 1 aromatic rings. The topological polar surface area (TPSA) is 79.5 Å². The van der Waals surface area contributed by atoms with Gasteiger partial charge in [-0.2, -0.15) is 0 Å². The largest absolute Gasteiger partial charge is 0.480 e. The Labute approximate surface area is 97.9 Å². The standard InChI is InChI=1S/C10H15N3O2S/c1-7-8(16-6-12-7)4-13-3-2-10(11,5-13)9(14)15/h6H,2-5,11H2,1H3,(H,14,15). The number of hydrogen-bond acceptors (Lipinski definition) is 5. The third-order valence-corrected chi connectivity index (χ3v) is 3.94. The van der Waals surface area contributed by atoms with Crippen molar-refractivity contribution in [2.75, 3.05) is 13.1 Å². The van der Waals surface area contributed by atoms with Crippen LogP contribution in [-0.4, -0.2) is 39.6 Å². The van der Waals surface area contributed by atoms with Gasteiger partial charge in [0.25, 0.3) is 0 Å². The van der Waals surface area contributed by atoms with Crippen molar-refractivity contribution in [3.05, 3.63) is 16.1 Å². The van der Waals surface area contributed by atoms with E-state index in [9.17, 15) is 4.79 Å². The number of hydrogen-bond donors (Lipinski definition) is 2. The number of aromatic nitrogens is 1. The van der Waals surface area contributed by atoms with Crippen molar-refractivity contribution in [3.8, 4) is 0 Å². The SMILES string of the molecule is Cc1ncsc1CN1CCC(N)(C(=O)O)C1. The minimum Gasteiger partial charge on any atom is -0.480 e. The molecule has 0 bridgehead atoms. The monoisotopic (exact) mass is 241 g/mol. The number of aryl methyl sites for hydroxylation is 1. The fourth-order valence-electron chi connectivity index (χ4n) is 1.91. The number of rotatable bonds is 3. The van der Waals surface area contributed by atoms with Crippen molar-refractivity contribution in [2.45, 2.75) is 25.4 Å². The molecule has 88 valence electrons. The number of aliphatic carboxylic acids is 1. The van der Waals surface area contributed by atoms with Crippen molar-refractivity contribution in [1.29, 1.82) is 0 Å². The molecule has 1 atom stereocenters. The summed E-state index contributed by atoms with van der Waals surface area (Å²) in [6.07, 6.45) is 0.514. The van der Waals surface area contributed by atoms with Crippen LogP contribution in [0, 0.1) is 6.92 Å². The molecular weight excluding hydrogens is 226 g/mol. The Hall–Kier alpha value is -0.980. The van der Waals surface area contributed by atoms with Gasteiger partial charge in [-0.25, -0.2) is 4.98 Å². The molecule has 0 aliphatic carbocycles. The van der Waals surface area contributed by atoms with E-state index in [0.29, 0.717) is 13.0 Å². The van der Waals surface area contributed by atoms with Crippen molar-refractivity contribution in [1.82, 2.24) is 9.88 Å². The van der Waals surface area contributed by atoms with E-state index in [0.717, 1.165) is 18.8 Å². The summed E-state index contributed by atoms with van der Waals surface area (Å²) < 4.78 is 0. The molecule has 1 aromatic heterocycles. The van der Waals surface area contributed by atoms with Crippen molar-refractivity contribution < 1.29 is 9.90 Å². The summed E-state index contributed by atoms with van der Waals surface area (Å²) in [5, 5.41) is 9.01. The van der Waals surface area contributed by atoms with Crippen molar-refractivity contribution >= 4 is 17.3 Å². The summed E-state index contributed by atoms with van der Waals surface area (Å²) in [5.74, 6) is -0.906. The molecule has 1 saturated heterocycles. The highest BCUT2D eigenvalue weighted by Crippen LogP contribution is 2.23. The Morgan fingerprint density at radius 1 is 1.81 bits per heavy atom. The lowest BCUT2D eigenvalue weighted by molar-refractivity contribution is -0.142. The van der Waals surface area contributed by atoms with Crippen LogP contribution >= 0.6 is 11.3 Å². The molecule has 1 aliphatic heterocycles. The van der Waals surface area contributed by atoms with Gasteiger partial charge in [0.2, 0.25) is 0 Å². The summed E-state index contributed by atoms with van der Waals surface area (Å²) in [6, 6.07) is 0. The Kier molecular flexibility index (Phi) is 2.96. The fourth-order valence-corrected chi connectivity index (χ4v) is 2.72. The van der Waals surface area contributed by atoms with Gasteiger partial charge in [0.05, 0.1) is 11.2 Å². The van der Waals surface area contributed by atoms with Crippen LogP contribution in [0.5, 0.6) is 0 Å². The number of carboxylic acids is 1. The van der Waals surface area contributed by atoms with Gasteiger partial charge in [0, 0.05) is 24.5 Å². The minimum atomic E-state index is -1.07. The summed E-state index contributed by atoms with van der Waals surface area (Å²) in [7, 11) is 0. The second-order valence-electron chi connectivity index (χ2n) is 4.28. The van der Waals surface area contributed by atoms with E-state index in [4.69, 9.17) is 10.8 Å².